The third kappa shape index (κ3) is 33.6. The van der Waals surface area contributed by atoms with E-state index in [-0.39, 0.29) is 19.4 Å². The van der Waals surface area contributed by atoms with Crippen molar-refractivity contribution in [2.75, 3.05) is 19.0 Å². The first-order valence-corrected chi connectivity index (χ1v) is 26.5. The average molecular weight is 903 g/mol. The summed E-state index contributed by atoms with van der Waals surface area (Å²) in [5, 5.41) is 30.9. The van der Waals surface area contributed by atoms with Gasteiger partial charge in [-0.25, -0.2) is 0 Å². The lowest BCUT2D eigenvalue weighted by Gasteiger charge is -2.40. The summed E-state index contributed by atoms with van der Waals surface area (Å²) in [6.45, 7) is 3.77. The summed E-state index contributed by atoms with van der Waals surface area (Å²) in [4.78, 5) is 25.5. The molecule has 4 N–H and O–H groups in total. The molecule has 0 radical (unpaired) electrons. The van der Waals surface area contributed by atoms with Gasteiger partial charge in [-0.1, -0.05) is 186 Å². The minimum atomic E-state index is -4.60. The Bertz CT molecular complexity index is 1240. The SMILES string of the molecule is CCCCCC/C=C\C/C=C\CCCCCCCCCC(=O)OC(COC(=O)CCCCCCCCCCCCCCCCCC)COC1OC(CS(=O)(=O)O)C(O)C(O)C1O. The van der Waals surface area contributed by atoms with Crippen LogP contribution in [0.5, 0.6) is 0 Å². The number of aliphatic hydroxyl groups excluding tert-OH is 3. The Kier molecular flexibility index (Phi) is 37.0. The lowest BCUT2D eigenvalue weighted by atomic mass is 10.00. The molecule has 364 valence electrons. The van der Waals surface area contributed by atoms with Crippen LogP contribution in [-0.4, -0.2) is 96.0 Å². The van der Waals surface area contributed by atoms with Gasteiger partial charge >= 0.3 is 11.9 Å². The predicted octanol–water partition coefficient (Wildman–Crippen LogP) is 10.8. The first-order chi connectivity index (χ1) is 30.0. The first-order valence-electron chi connectivity index (χ1n) is 24.9. The highest BCUT2D eigenvalue weighted by Gasteiger charge is 2.46. The van der Waals surface area contributed by atoms with Crippen molar-refractivity contribution in [2.45, 2.75) is 256 Å². The van der Waals surface area contributed by atoms with E-state index in [1.165, 1.54) is 122 Å². The molecule has 0 aromatic rings. The van der Waals surface area contributed by atoms with Crippen LogP contribution >= 0.6 is 0 Å². The lowest BCUT2D eigenvalue weighted by molar-refractivity contribution is -0.297. The molecule has 1 fully saturated rings. The van der Waals surface area contributed by atoms with Crippen LogP contribution in [0.3, 0.4) is 0 Å². The van der Waals surface area contributed by atoms with E-state index < -0.39 is 71.2 Å². The van der Waals surface area contributed by atoms with Crippen molar-refractivity contribution in [3.8, 4) is 0 Å². The topological polar surface area (TPSA) is 186 Å². The molecular weight excluding hydrogens is 813 g/mol. The Morgan fingerprint density at radius 3 is 1.44 bits per heavy atom. The summed E-state index contributed by atoms with van der Waals surface area (Å²) in [6, 6.07) is 0. The highest BCUT2D eigenvalue weighted by molar-refractivity contribution is 7.85. The predicted molar refractivity (Wildman–Crippen MR) is 247 cm³/mol. The fraction of sp³-hybridized carbons (Fsp3) is 0.878. The number of ether oxygens (including phenoxy) is 4. The Hall–Kier alpha value is -1.87. The van der Waals surface area contributed by atoms with Gasteiger partial charge in [0.1, 0.15) is 36.8 Å². The molecule has 12 nitrogen and oxygen atoms in total. The smallest absolute Gasteiger partial charge is 0.306 e. The van der Waals surface area contributed by atoms with Gasteiger partial charge in [0.15, 0.2) is 12.4 Å². The third-order valence-corrected chi connectivity index (χ3v) is 12.3. The Labute approximate surface area is 377 Å². The summed E-state index contributed by atoms with van der Waals surface area (Å²) < 4.78 is 54.2. The van der Waals surface area contributed by atoms with Crippen molar-refractivity contribution in [3.05, 3.63) is 24.3 Å². The molecule has 6 atom stereocenters. The van der Waals surface area contributed by atoms with Crippen LogP contribution < -0.4 is 0 Å². The molecule has 1 rings (SSSR count). The highest BCUT2D eigenvalue weighted by Crippen LogP contribution is 2.24. The molecule has 13 heteroatoms. The second kappa shape index (κ2) is 39.5. The molecule has 0 aromatic heterocycles. The van der Waals surface area contributed by atoms with E-state index in [9.17, 15) is 37.9 Å². The Balaban J connectivity index is 2.40. The van der Waals surface area contributed by atoms with E-state index >= 15 is 0 Å². The van der Waals surface area contributed by atoms with Gasteiger partial charge in [-0.15, -0.1) is 0 Å². The van der Waals surface area contributed by atoms with Crippen LogP contribution in [0, 0.1) is 0 Å². The van der Waals surface area contributed by atoms with Gasteiger partial charge in [-0.3, -0.25) is 14.1 Å². The Morgan fingerprint density at radius 2 is 0.968 bits per heavy atom. The number of esters is 2. The number of unbranched alkanes of at least 4 members (excludes halogenated alkanes) is 26. The zero-order valence-corrected chi connectivity index (χ0v) is 39.8. The van der Waals surface area contributed by atoms with Crippen LogP contribution in [0.2, 0.25) is 0 Å². The summed E-state index contributed by atoms with van der Waals surface area (Å²) in [7, 11) is -4.60. The zero-order valence-electron chi connectivity index (χ0n) is 39.0. The fourth-order valence-corrected chi connectivity index (χ4v) is 8.34. The summed E-state index contributed by atoms with van der Waals surface area (Å²) in [6.07, 6.45) is 35.0. The van der Waals surface area contributed by atoms with Gasteiger partial charge in [0.05, 0.1) is 6.61 Å². The zero-order chi connectivity index (χ0) is 45.5. The summed E-state index contributed by atoms with van der Waals surface area (Å²) >= 11 is 0. The van der Waals surface area contributed by atoms with Crippen molar-refractivity contribution in [1.29, 1.82) is 0 Å². The second-order valence-electron chi connectivity index (χ2n) is 17.5. The van der Waals surface area contributed by atoms with Gasteiger partial charge in [0.25, 0.3) is 10.1 Å². The first kappa shape index (κ1) is 58.1. The molecule has 0 aromatic carbocycles. The average Bonchev–Trinajstić information content (AvgIpc) is 3.24. The van der Waals surface area contributed by atoms with Crippen molar-refractivity contribution >= 4 is 22.1 Å². The van der Waals surface area contributed by atoms with E-state index in [4.69, 9.17) is 18.9 Å². The van der Waals surface area contributed by atoms with Gasteiger partial charge in [0, 0.05) is 12.8 Å². The molecule has 0 bridgehead atoms. The molecular formula is C49H90O12S. The number of hydrogen-bond donors (Lipinski definition) is 4. The van der Waals surface area contributed by atoms with Crippen LogP contribution in [0.25, 0.3) is 0 Å². The van der Waals surface area contributed by atoms with Crippen LogP contribution in [0.4, 0.5) is 0 Å². The van der Waals surface area contributed by atoms with Gasteiger partial charge in [-0.2, -0.15) is 8.42 Å². The van der Waals surface area contributed by atoms with Crippen LogP contribution in [0.1, 0.15) is 219 Å². The molecule has 1 aliphatic heterocycles. The maximum absolute atomic E-state index is 12.8. The molecule has 1 heterocycles. The fourth-order valence-electron chi connectivity index (χ4n) is 7.65. The summed E-state index contributed by atoms with van der Waals surface area (Å²) in [5.41, 5.74) is 0. The number of carbonyl (C=O) groups is 2. The number of hydrogen-bond acceptors (Lipinski definition) is 11. The van der Waals surface area contributed by atoms with E-state index in [2.05, 4.69) is 38.2 Å². The number of carbonyl (C=O) groups excluding carboxylic acids is 2. The largest absolute Gasteiger partial charge is 0.462 e. The standard InChI is InChI=1S/C49H90O12S/c1-3-5-7-9-11-13-15-17-19-21-22-24-26-28-30-32-34-36-38-45(51)60-42(40-59-49-48(54)47(53)46(52)43(61-49)41-62(55,56)57)39-58-44(50)37-35-33-31-29-27-25-23-20-18-16-14-12-10-8-6-4-2/h13,15,19,21,42-43,46-49,52-54H,3-12,14,16-18,20,22-41H2,1-2H3,(H,55,56,57)/b15-13-,21-19-. The number of allylic oxidation sites excluding steroid dienone is 4. The quantitative estimate of drug-likeness (QED) is 0.0197. The molecule has 0 spiro atoms. The van der Waals surface area contributed by atoms with Crippen molar-refractivity contribution in [3.63, 3.8) is 0 Å². The van der Waals surface area contributed by atoms with Gasteiger partial charge in [0.2, 0.25) is 0 Å². The van der Waals surface area contributed by atoms with E-state index in [0.29, 0.717) is 12.8 Å². The minimum absolute atomic E-state index is 0.158. The molecule has 62 heavy (non-hydrogen) atoms. The van der Waals surface area contributed by atoms with Crippen molar-refractivity contribution in [2.24, 2.45) is 0 Å². The third-order valence-electron chi connectivity index (χ3n) is 11.5. The van der Waals surface area contributed by atoms with Crippen molar-refractivity contribution < 1.29 is 56.8 Å². The Morgan fingerprint density at radius 1 is 0.548 bits per heavy atom. The van der Waals surface area contributed by atoms with E-state index in [0.717, 1.165) is 57.8 Å². The maximum Gasteiger partial charge on any atom is 0.306 e. The lowest BCUT2D eigenvalue weighted by Crippen LogP contribution is -2.60. The minimum Gasteiger partial charge on any atom is -0.462 e. The molecule has 0 aliphatic carbocycles. The second-order valence-corrected chi connectivity index (χ2v) is 19.0. The van der Waals surface area contributed by atoms with E-state index in [1.54, 1.807) is 0 Å². The van der Waals surface area contributed by atoms with Crippen LogP contribution in [-0.2, 0) is 38.7 Å². The van der Waals surface area contributed by atoms with E-state index in [1.807, 2.05) is 0 Å². The molecule has 1 saturated heterocycles. The number of rotatable bonds is 42. The normalized spacial score (nSPS) is 20.0. The molecule has 0 amide bonds. The van der Waals surface area contributed by atoms with Gasteiger partial charge in [-0.05, 0) is 44.9 Å². The molecule has 6 unspecified atom stereocenters. The monoisotopic (exact) mass is 903 g/mol. The molecule has 0 saturated carbocycles. The maximum atomic E-state index is 12.8. The summed E-state index contributed by atoms with van der Waals surface area (Å²) in [5.74, 6) is -1.98. The number of aliphatic hydroxyl groups is 3. The molecule has 1 aliphatic rings. The van der Waals surface area contributed by atoms with Gasteiger partial charge < -0.3 is 34.3 Å². The van der Waals surface area contributed by atoms with Crippen LogP contribution in [0.15, 0.2) is 24.3 Å². The highest BCUT2D eigenvalue weighted by atomic mass is 32.2. The van der Waals surface area contributed by atoms with Crippen molar-refractivity contribution in [1.82, 2.24) is 0 Å².